The molecule has 0 aromatic heterocycles. The van der Waals surface area contributed by atoms with E-state index in [0.29, 0.717) is 31.0 Å². The average Bonchev–Trinajstić information content (AvgIpc) is 2.91. The first-order valence-corrected chi connectivity index (χ1v) is 13.1. The van der Waals surface area contributed by atoms with E-state index in [1.54, 1.807) is 19.1 Å². The Hall–Kier alpha value is -3.59. The van der Waals surface area contributed by atoms with Gasteiger partial charge in [-0.1, -0.05) is 74.5 Å². The van der Waals surface area contributed by atoms with Crippen LogP contribution in [0, 0.1) is 13.8 Å². The molecule has 3 aromatic rings. The van der Waals surface area contributed by atoms with Crippen molar-refractivity contribution in [3.8, 4) is 11.1 Å². The zero-order valence-corrected chi connectivity index (χ0v) is 23.2. The molecule has 9 heteroatoms. The Morgan fingerprint density at radius 3 is 1.90 bits per heavy atom. The first-order chi connectivity index (χ1) is 19.1. The van der Waals surface area contributed by atoms with E-state index in [2.05, 4.69) is 6.07 Å². The fourth-order valence-corrected chi connectivity index (χ4v) is 5.20. The predicted octanol–water partition coefficient (Wildman–Crippen LogP) is 8.62. The number of alkyl halides is 6. The number of benzene rings is 3. The molecule has 0 unspecified atom stereocenters. The third kappa shape index (κ3) is 6.35. The standard InChI is InChI=1S/C32H32F6O3/c1-5-29(6-2,27-12-13-28(22(4)17-27)25-9-7-8-23(18-25)19-41-20-39)26-11-10-24(21(3)16-26)14-15-30(40,31(33,34)35)32(36,37)38/h7-18,20,40H,5-6,19H2,1-4H3/b15-14+. The third-order valence-corrected chi connectivity index (χ3v) is 7.73. The van der Waals surface area contributed by atoms with Crippen LogP contribution in [-0.2, 0) is 21.6 Å². The van der Waals surface area contributed by atoms with Crippen molar-refractivity contribution in [1.82, 2.24) is 0 Å². The molecule has 0 atom stereocenters. The maximum atomic E-state index is 13.1. The van der Waals surface area contributed by atoms with Gasteiger partial charge in [0.1, 0.15) is 6.61 Å². The molecule has 0 amide bonds. The van der Waals surface area contributed by atoms with Crippen molar-refractivity contribution in [3.63, 3.8) is 0 Å². The van der Waals surface area contributed by atoms with Crippen molar-refractivity contribution in [2.24, 2.45) is 0 Å². The summed E-state index contributed by atoms with van der Waals surface area (Å²) in [6.07, 6.45) is -10.1. The van der Waals surface area contributed by atoms with Crippen LogP contribution in [0.4, 0.5) is 26.3 Å². The van der Waals surface area contributed by atoms with Crippen LogP contribution in [0.3, 0.4) is 0 Å². The summed E-state index contributed by atoms with van der Waals surface area (Å²) in [4.78, 5) is 10.6. The van der Waals surface area contributed by atoms with E-state index in [1.807, 2.05) is 57.2 Å². The van der Waals surface area contributed by atoms with Gasteiger partial charge >= 0.3 is 12.4 Å². The molecule has 0 bridgehead atoms. The van der Waals surface area contributed by atoms with E-state index in [-0.39, 0.29) is 18.2 Å². The molecule has 41 heavy (non-hydrogen) atoms. The maximum absolute atomic E-state index is 13.1. The highest BCUT2D eigenvalue weighted by Gasteiger charge is 2.68. The Morgan fingerprint density at radius 2 is 1.39 bits per heavy atom. The fraction of sp³-hybridized carbons (Fsp3) is 0.344. The molecule has 3 aromatic carbocycles. The number of halogens is 6. The van der Waals surface area contributed by atoms with Crippen LogP contribution in [0.2, 0.25) is 0 Å². The van der Waals surface area contributed by atoms with Crippen molar-refractivity contribution < 1.29 is 41.0 Å². The van der Waals surface area contributed by atoms with E-state index >= 15 is 0 Å². The summed E-state index contributed by atoms with van der Waals surface area (Å²) in [6, 6.07) is 18.8. The van der Waals surface area contributed by atoms with E-state index < -0.39 is 23.4 Å². The molecule has 0 radical (unpaired) electrons. The number of carbonyl (C=O) groups is 1. The van der Waals surface area contributed by atoms with Gasteiger partial charge in [-0.05, 0) is 83.3 Å². The molecule has 3 rings (SSSR count). The molecule has 220 valence electrons. The molecule has 0 spiro atoms. The first-order valence-electron chi connectivity index (χ1n) is 13.1. The van der Waals surface area contributed by atoms with Crippen LogP contribution >= 0.6 is 0 Å². The lowest BCUT2D eigenvalue weighted by atomic mass is 9.69. The highest BCUT2D eigenvalue weighted by molar-refractivity contribution is 5.69. The molecular formula is C32H32F6O3. The SMILES string of the molecule is CCC(CC)(c1ccc(/C=C/C(O)(C(F)(F)F)C(F)(F)F)c(C)c1)c1ccc(-c2cccc(COC=O)c2)c(C)c1. The van der Waals surface area contributed by atoms with Crippen LogP contribution in [0.25, 0.3) is 17.2 Å². The normalized spacial score (nSPS) is 13.0. The predicted molar refractivity (Wildman–Crippen MR) is 146 cm³/mol. The van der Waals surface area contributed by atoms with Crippen molar-refractivity contribution in [2.45, 2.75) is 70.5 Å². The minimum absolute atomic E-state index is 0.131. The second kappa shape index (κ2) is 12.1. The number of ether oxygens (including phenoxy) is 1. The number of hydrogen-bond donors (Lipinski definition) is 1. The highest BCUT2D eigenvalue weighted by Crippen LogP contribution is 2.45. The average molecular weight is 579 g/mol. The van der Waals surface area contributed by atoms with Crippen molar-refractivity contribution in [3.05, 3.63) is 100 Å². The van der Waals surface area contributed by atoms with Crippen LogP contribution < -0.4 is 0 Å². The Morgan fingerprint density at radius 1 is 0.805 bits per heavy atom. The molecule has 0 saturated carbocycles. The monoisotopic (exact) mass is 578 g/mol. The lowest BCUT2D eigenvalue weighted by Crippen LogP contribution is -2.55. The molecule has 1 N–H and O–H groups in total. The Labute approximate surface area is 235 Å². The van der Waals surface area contributed by atoms with Crippen molar-refractivity contribution in [1.29, 1.82) is 0 Å². The van der Waals surface area contributed by atoms with Gasteiger partial charge in [-0.15, -0.1) is 0 Å². The van der Waals surface area contributed by atoms with Crippen molar-refractivity contribution >= 4 is 12.5 Å². The van der Waals surface area contributed by atoms with E-state index in [4.69, 9.17) is 4.74 Å². The van der Waals surface area contributed by atoms with E-state index in [1.165, 1.54) is 6.07 Å². The van der Waals surface area contributed by atoms with Crippen LogP contribution in [0.15, 0.2) is 66.7 Å². The van der Waals surface area contributed by atoms with Gasteiger partial charge < -0.3 is 9.84 Å². The van der Waals surface area contributed by atoms with Gasteiger partial charge in [0.25, 0.3) is 12.1 Å². The summed E-state index contributed by atoms with van der Waals surface area (Å²) >= 11 is 0. The zero-order chi connectivity index (χ0) is 30.6. The molecule has 0 saturated heterocycles. The minimum atomic E-state index is -5.93. The van der Waals surface area contributed by atoms with E-state index in [9.17, 15) is 36.2 Å². The number of aryl methyl sites for hydroxylation is 2. The summed E-state index contributed by atoms with van der Waals surface area (Å²) in [6.45, 7) is 8.22. The maximum Gasteiger partial charge on any atom is 0.430 e. The molecule has 0 aliphatic heterocycles. The molecule has 0 heterocycles. The van der Waals surface area contributed by atoms with Gasteiger partial charge in [0.2, 0.25) is 0 Å². The van der Waals surface area contributed by atoms with Gasteiger partial charge in [-0.25, -0.2) is 0 Å². The summed E-state index contributed by atoms with van der Waals surface area (Å²) < 4.78 is 83.5. The smallest absolute Gasteiger partial charge is 0.430 e. The third-order valence-electron chi connectivity index (χ3n) is 7.73. The zero-order valence-electron chi connectivity index (χ0n) is 23.2. The Bertz CT molecular complexity index is 1390. The Balaban J connectivity index is 2.01. The topological polar surface area (TPSA) is 46.5 Å². The van der Waals surface area contributed by atoms with Gasteiger partial charge in [-0.2, -0.15) is 26.3 Å². The molecule has 3 nitrogen and oxygen atoms in total. The first kappa shape index (κ1) is 31.9. The summed E-state index contributed by atoms with van der Waals surface area (Å²) in [5, 5.41) is 9.47. The lowest BCUT2D eigenvalue weighted by molar-refractivity contribution is -0.347. The number of aliphatic hydroxyl groups is 1. The van der Waals surface area contributed by atoms with Crippen LogP contribution in [-0.4, -0.2) is 29.5 Å². The van der Waals surface area contributed by atoms with Crippen LogP contribution in [0.1, 0.15) is 60.1 Å². The van der Waals surface area contributed by atoms with Gasteiger partial charge in [0, 0.05) is 5.41 Å². The lowest BCUT2D eigenvalue weighted by Gasteiger charge is -2.34. The number of carbonyl (C=O) groups excluding carboxylic acids is 1. The molecular weight excluding hydrogens is 546 g/mol. The second-order valence-electron chi connectivity index (χ2n) is 10.1. The van der Waals surface area contributed by atoms with Crippen molar-refractivity contribution in [2.75, 3.05) is 0 Å². The fourth-order valence-electron chi connectivity index (χ4n) is 5.20. The number of hydrogen-bond acceptors (Lipinski definition) is 3. The van der Waals surface area contributed by atoms with Crippen LogP contribution in [0.5, 0.6) is 0 Å². The van der Waals surface area contributed by atoms with Gasteiger partial charge in [0.15, 0.2) is 0 Å². The quantitative estimate of drug-likeness (QED) is 0.194. The minimum Gasteiger partial charge on any atom is -0.463 e. The molecule has 0 aliphatic rings. The Kier molecular flexibility index (Phi) is 9.43. The highest BCUT2D eigenvalue weighted by atomic mass is 19.4. The molecule has 0 fully saturated rings. The largest absolute Gasteiger partial charge is 0.463 e. The van der Waals surface area contributed by atoms with Gasteiger partial charge in [-0.3, -0.25) is 4.79 Å². The number of rotatable bonds is 10. The molecule has 0 aliphatic carbocycles. The summed E-state index contributed by atoms with van der Waals surface area (Å²) in [5.41, 5.74) is 0.905. The second-order valence-corrected chi connectivity index (χ2v) is 10.1. The van der Waals surface area contributed by atoms with Gasteiger partial charge in [0.05, 0.1) is 0 Å². The summed E-state index contributed by atoms with van der Waals surface area (Å²) in [5.74, 6) is 0. The summed E-state index contributed by atoms with van der Waals surface area (Å²) in [7, 11) is 0. The van der Waals surface area contributed by atoms with E-state index in [0.717, 1.165) is 33.4 Å².